The van der Waals surface area contributed by atoms with Crippen LogP contribution in [0.25, 0.3) is 0 Å². The molecule has 1 amide bonds. The van der Waals surface area contributed by atoms with E-state index in [2.05, 4.69) is 10.3 Å². The van der Waals surface area contributed by atoms with Crippen molar-refractivity contribution in [3.05, 3.63) is 48.2 Å². The highest BCUT2D eigenvalue weighted by atomic mass is 16.5. The topological polar surface area (TPSA) is 77.2 Å². The third-order valence-electron chi connectivity index (χ3n) is 2.63. The van der Waals surface area contributed by atoms with Crippen molar-refractivity contribution < 1.29 is 9.53 Å². The molecule has 1 heterocycles. The summed E-state index contributed by atoms with van der Waals surface area (Å²) in [5.74, 6) is 1.07. The lowest BCUT2D eigenvalue weighted by Gasteiger charge is -2.07. The molecule has 20 heavy (non-hydrogen) atoms. The molecule has 0 aliphatic rings. The number of amides is 1. The number of aromatic nitrogens is 1. The lowest BCUT2D eigenvalue weighted by Crippen LogP contribution is -2.15. The molecule has 0 atom stereocenters. The summed E-state index contributed by atoms with van der Waals surface area (Å²) in [6.45, 7) is 2.24. The fourth-order valence-electron chi connectivity index (χ4n) is 1.61. The number of nitrogens with one attached hydrogen (secondary N) is 1. The molecule has 0 unspecified atom stereocenters. The Balaban J connectivity index is 1.76. The highest BCUT2D eigenvalue weighted by Gasteiger charge is 2.04. The van der Waals surface area contributed by atoms with Crippen LogP contribution in [-0.2, 0) is 4.79 Å². The number of carbonyl (C=O) groups excluding carboxylic acids is 1. The van der Waals surface area contributed by atoms with Crippen LogP contribution in [0.1, 0.15) is 12.0 Å². The first kappa shape index (κ1) is 13.9. The van der Waals surface area contributed by atoms with E-state index < -0.39 is 0 Å². The number of benzene rings is 1. The lowest BCUT2D eigenvalue weighted by atomic mass is 10.3. The zero-order valence-corrected chi connectivity index (χ0v) is 11.3. The molecule has 0 saturated heterocycles. The average molecular weight is 271 g/mol. The molecule has 0 fully saturated rings. The number of ether oxygens (including phenoxy) is 1. The molecular weight excluding hydrogens is 254 g/mol. The maximum atomic E-state index is 11.7. The molecule has 0 aliphatic carbocycles. The third kappa shape index (κ3) is 4.28. The van der Waals surface area contributed by atoms with Crippen LogP contribution in [0.5, 0.6) is 5.75 Å². The Labute approximate surface area is 117 Å². The van der Waals surface area contributed by atoms with Crippen molar-refractivity contribution >= 4 is 17.4 Å². The van der Waals surface area contributed by atoms with Crippen molar-refractivity contribution in [3.63, 3.8) is 0 Å². The van der Waals surface area contributed by atoms with Crippen LogP contribution in [0.15, 0.2) is 42.6 Å². The quantitative estimate of drug-likeness (QED) is 0.818. The maximum Gasteiger partial charge on any atom is 0.228 e. The fraction of sp³-hybridized carbons (Fsp3) is 0.200. The van der Waals surface area contributed by atoms with Gasteiger partial charge in [0.15, 0.2) is 0 Å². The minimum atomic E-state index is -0.134. The number of nitrogens with two attached hydrogens (primary N) is 1. The van der Waals surface area contributed by atoms with Gasteiger partial charge < -0.3 is 15.8 Å². The number of hydrogen-bond acceptors (Lipinski definition) is 4. The maximum absolute atomic E-state index is 11.7. The number of pyridine rings is 1. The number of aryl methyl sites for hydroxylation is 1. The first-order valence-corrected chi connectivity index (χ1v) is 6.34. The van der Waals surface area contributed by atoms with Gasteiger partial charge in [-0.05, 0) is 30.7 Å². The molecule has 3 N–H and O–H groups in total. The van der Waals surface area contributed by atoms with E-state index in [1.807, 2.05) is 13.0 Å². The van der Waals surface area contributed by atoms with Crippen molar-refractivity contribution in [2.45, 2.75) is 13.3 Å². The van der Waals surface area contributed by atoms with Crippen LogP contribution >= 0.6 is 0 Å². The molecule has 2 rings (SSSR count). The minimum absolute atomic E-state index is 0.134. The lowest BCUT2D eigenvalue weighted by molar-refractivity contribution is -0.116. The number of rotatable bonds is 5. The Morgan fingerprint density at radius 2 is 2.20 bits per heavy atom. The molecule has 0 radical (unpaired) electrons. The van der Waals surface area contributed by atoms with E-state index in [0.717, 1.165) is 5.56 Å². The highest BCUT2D eigenvalue weighted by Crippen LogP contribution is 2.14. The molecule has 0 bridgehead atoms. The summed E-state index contributed by atoms with van der Waals surface area (Å²) in [7, 11) is 0. The number of nitrogens with zero attached hydrogens (tertiary/aromatic N) is 1. The van der Waals surface area contributed by atoms with E-state index in [-0.39, 0.29) is 12.3 Å². The van der Waals surface area contributed by atoms with Crippen molar-refractivity contribution in [2.75, 3.05) is 17.7 Å². The molecule has 5 nitrogen and oxygen atoms in total. The van der Waals surface area contributed by atoms with Crippen LogP contribution in [0.2, 0.25) is 0 Å². The largest absolute Gasteiger partial charge is 0.493 e. The van der Waals surface area contributed by atoms with E-state index in [1.165, 1.54) is 0 Å². The van der Waals surface area contributed by atoms with Crippen molar-refractivity contribution in [3.8, 4) is 5.75 Å². The molecule has 5 heteroatoms. The second-order valence-electron chi connectivity index (χ2n) is 4.44. The molecule has 2 aromatic rings. The summed E-state index contributed by atoms with van der Waals surface area (Å²) >= 11 is 0. The minimum Gasteiger partial charge on any atom is -0.493 e. The molecule has 104 valence electrons. The Kier molecular flexibility index (Phi) is 4.55. The predicted octanol–water partition coefficient (Wildman–Crippen LogP) is 2.38. The van der Waals surface area contributed by atoms with Gasteiger partial charge in [0.25, 0.3) is 0 Å². The number of nitrogen functional groups attached to an aromatic ring is 1. The molecule has 1 aromatic heterocycles. The molecule has 0 spiro atoms. The zero-order chi connectivity index (χ0) is 14.4. The van der Waals surface area contributed by atoms with Crippen LogP contribution in [0, 0.1) is 6.92 Å². The van der Waals surface area contributed by atoms with Crippen LogP contribution in [0.3, 0.4) is 0 Å². The SMILES string of the molecule is Cc1ccc(NC(=O)CCOc2cccc(N)c2)nc1. The summed E-state index contributed by atoms with van der Waals surface area (Å²) in [5, 5.41) is 2.71. The Bertz CT molecular complexity index is 582. The van der Waals surface area contributed by atoms with E-state index in [1.54, 1.807) is 36.5 Å². The van der Waals surface area contributed by atoms with Gasteiger partial charge in [-0.1, -0.05) is 12.1 Å². The van der Waals surface area contributed by atoms with Crippen molar-refractivity contribution in [1.82, 2.24) is 4.98 Å². The van der Waals surface area contributed by atoms with Crippen LogP contribution in [0.4, 0.5) is 11.5 Å². The Hall–Kier alpha value is -2.56. The van der Waals surface area contributed by atoms with Gasteiger partial charge in [-0.2, -0.15) is 0 Å². The first-order valence-electron chi connectivity index (χ1n) is 6.34. The summed E-state index contributed by atoms with van der Waals surface area (Å²) in [4.78, 5) is 15.8. The van der Waals surface area contributed by atoms with Gasteiger partial charge >= 0.3 is 0 Å². The Morgan fingerprint density at radius 3 is 2.90 bits per heavy atom. The summed E-state index contributed by atoms with van der Waals surface area (Å²) in [5.41, 5.74) is 7.32. The summed E-state index contributed by atoms with van der Waals surface area (Å²) in [6.07, 6.45) is 1.96. The van der Waals surface area contributed by atoms with Crippen molar-refractivity contribution in [2.24, 2.45) is 0 Å². The molecule has 1 aromatic carbocycles. The predicted molar refractivity (Wildman–Crippen MR) is 78.6 cm³/mol. The highest BCUT2D eigenvalue weighted by molar-refractivity contribution is 5.89. The standard InChI is InChI=1S/C15H17N3O2/c1-11-5-6-14(17-10-11)18-15(19)7-8-20-13-4-2-3-12(16)9-13/h2-6,9-10H,7-8,16H2,1H3,(H,17,18,19). The number of anilines is 2. The van der Waals surface area contributed by atoms with Crippen LogP contribution in [-0.4, -0.2) is 17.5 Å². The van der Waals surface area contributed by atoms with E-state index in [9.17, 15) is 4.79 Å². The Morgan fingerprint density at radius 1 is 1.35 bits per heavy atom. The van der Waals surface area contributed by atoms with Gasteiger partial charge in [0, 0.05) is 18.0 Å². The second kappa shape index (κ2) is 6.56. The summed E-state index contributed by atoms with van der Waals surface area (Å²) in [6, 6.07) is 10.8. The molecule has 0 saturated carbocycles. The molecule has 0 aliphatic heterocycles. The second-order valence-corrected chi connectivity index (χ2v) is 4.44. The van der Waals surface area contributed by atoms with E-state index in [4.69, 9.17) is 10.5 Å². The first-order chi connectivity index (χ1) is 9.63. The van der Waals surface area contributed by atoms with Gasteiger partial charge in [0.1, 0.15) is 11.6 Å². The number of hydrogen-bond donors (Lipinski definition) is 2. The van der Waals surface area contributed by atoms with Crippen LogP contribution < -0.4 is 15.8 Å². The average Bonchev–Trinajstić information content (AvgIpc) is 2.41. The monoisotopic (exact) mass is 271 g/mol. The smallest absolute Gasteiger partial charge is 0.228 e. The zero-order valence-electron chi connectivity index (χ0n) is 11.3. The normalized spacial score (nSPS) is 10.1. The van der Waals surface area contributed by atoms with Gasteiger partial charge in [-0.15, -0.1) is 0 Å². The summed E-state index contributed by atoms with van der Waals surface area (Å²) < 4.78 is 5.45. The third-order valence-corrected chi connectivity index (χ3v) is 2.63. The van der Waals surface area contributed by atoms with Gasteiger partial charge in [0.05, 0.1) is 13.0 Å². The van der Waals surface area contributed by atoms with Gasteiger partial charge in [0.2, 0.25) is 5.91 Å². The van der Waals surface area contributed by atoms with Gasteiger partial charge in [-0.3, -0.25) is 4.79 Å². The number of carbonyl (C=O) groups is 1. The van der Waals surface area contributed by atoms with E-state index >= 15 is 0 Å². The molecular formula is C15H17N3O2. The van der Waals surface area contributed by atoms with Crippen molar-refractivity contribution in [1.29, 1.82) is 0 Å². The van der Waals surface area contributed by atoms with Gasteiger partial charge in [-0.25, -0.2) is 4.98 Å². The fourth-order valence-corrected chi connectivity index (χ4v) is 1.61. The van der Waals surface area contributed by atoms with E-state index in [0.29, 0.717) is 23.9 Å².